The molecule has 1 aromatic heterocycles. The number of carbonyl (C=O) groups is 2. The number of hydrogen-bond acceptors (Lipinski definition) is 7. The predicted octanol–water partition coefficient (Wildman–Crippen LogP) is 2.22. The molecule has 0 aliphatic heterocycles. The Hall–Kier alpha value is -2.15. The molecule has 0 saturated carbocycles. The van der Waals surface area contributed by atoms with Gasteiger partial charge in [0.1, 0.15) is 11.4 Å². The Kier molecular flexibility index (Phi) is 5.71. The number of fused-ring (bicyclic) bond motifs is 1. The van der Waals surface area contributed by atoms with Crippen LogP contribution in [0.1, 0.15) is 13.8 Å². The third kappa shape index (κ3) is 3.73. The lowest BCUT2D eigenvalue weighted by Gasteiger charge is -2.14. The molecule has 0 bridgehead atoms. The summed E-state index contributed by atoms with van der Waals surface area (Å²) in [5.41, 5.74) is 0.742. The highest BCUT2D eigenvalue weighted by Gasteiger charge is 2.31. The molecule has 0 N–H and O–H groups in total. The van der Waals surface area contributed by atoms with Crippen LogP contribution in [-0.2, 0) is 19.1 Å². The van der Waals surface area contributed by atoms with E-state index in [1.807, 2.05) is 24.3 Å². The van der Waals surface area contributed by atoms with E-state index in [0.717, 1.165) is 22.7 Å². The van der Waals surface area contributed by atoms with Gasteiger partial charge in [-0.3, -0.25) is 9.59 Å². The summed E-state index contributed by atoms with van der Waals surface area (Å²) in [6, 6.07) is 7.38. The highest BCUT2D eigenvalue weighted by Crippen LogP contribution is 2.29. The first-order valence-electron chi connectivity index (χ1n) is 6.87. The molecule has 0 unspecified atom stereocenters. The minimum Gasteiger partial charge on any atom is -0.465 e. The van der Waals surface area contributed by atoms with E-state index in [4.69, 9.17) is 9.47 Å². The van der Waals surface area contributed by atoms with Gasteiger partial charge in [-0.2, -0.15) is 0 Å². The number of nitrogens with zero attached hydrogens (tertiary/aromatic N) is 2. The summed E-state index contributed by atoms with van der Waals surface area (Å²) >= 11 is 1.01. The van der Waals surface area contributed by atoms with Gasteiger partial charge >= 0.3 is 11.9 Å². The van der Waals surface area contributed by atoms with Gasteiger partial charge in [0.05, 0.1) is 18.7 Å². The van der Waals surface area contributed by atoms with Crippen LogP contribution < -0.4 is 0 Å². The Morgan fingerprint density at radius 3 is 2.36 bits per heavy atom. The van der Waals surface area contributed by atoms with E-state index in [1.165, 1.54) is 6.33 Å². The van der Waals surface area contributed by atoms with Crippen LogP contribution in [-0.4, -0.2) is 40.4 Å². The average Bonchev–Trinajstić information content (AvgIpc) is 2.53. The second-order valence-corrected chi connectivity index (χ2v) is 5.29. The van der Waals surface area contributed by atoms with E-state index in [-0.39, 0.29) is 13.2 Å². The maximum Gasteiger partial charge on any atom is 0.331 e. The fraction of sp³-hybridized carbons (Fsp3) is 0.333. The van der Waals surface area contributed by atoms with Crippen molar-refractivity contribution in [2.45, 2.75) is 24.1 Å². The fourth-order valence-corrected chi connectivity index (χ4v) is 2.77. The van der Waals surface area contributed by atoms with Gasteiger partial charge in [0.25, 0.3) is 0 Å². The molecule has 0 amide bonds. The summed E-state index contributed by atoms with van der Waals surface area (Å²) in [7, 11) is 0. The number of hydrogen-bond donors (Lipinski definition) is 0. The molecular formula is C15H16N2O4S. The molecule has 0 spiro atoms. The van der Waals surface area contributed by atoms with Gasteiger partial charge in [0.2, 0.25) is 5.25 Å². The molecule has 1 heterocycles. The molecular weight excluding hydrogens is 304 g/mol. The first kappa shape index (κ1) is 16.2. The molecule has 2 rings (SSSR count). The number of aromatic nitrogens is 2. The molecule has 2 aromatic rings. The number of ether oxygens (including phenoxy) is 2. The van der Waals surface area contributed by atoms with Gasteiger partial charge in [-0.25, -0.2) is 9.97 Å². The molecule has 22 heavy (non-hydrogen) atoms. The summed E-state index contributed by atoms with van der Waals surface area (Å²) in [4.78, 5) is 32.3. The summed E-state index contributed by atoms with van der Waals surface area (Å²) in [5.74, 6) is -1.26. The van der Waals surface area contributed by atoms with E-state index in [2.05, 4.69) is 9.97 Å². The second kappa shape index (κ2) is 7.74. The molecule has 0 atom stereocenters. The topological polar surface area (TPSA) is 78.4 Å². The lowest BCUT2D eigenvalue weighted by Crippen LogP contribution is -2.31. The van der Waals surface area contributed by atoms with Crippen LogP contribution in [0.3, 0.4) is 0 Å². The van der Waals surface area contributed by atoms with Gasteiger partial charge in [-0.15, -0.1) is 0 Å². The number of benzene rings is 1. The van der Waals surface area contributed by atoms with Crippen molar-refractivity contribution in [1.82, 2.24) is 9.97 Å². The Morgan fingerprint density at radius 2 is 1.73 bits per heavy atom. The lowest BCUT2D eigenvalue weighted by atomic mass is 10.2. The van der Waals surface area contributed by atoms with Crippen LogP contribution in [0, 0.1) is 0 Å². The lowest BCUT2D eigenvalue weighted by molar-refractivity contribution is -0.152. The smallest absolute Gasteiger partial charge is 0.331 e. The third-order valence-electron chi connectivity index (χ3n) is 2.74. The van der Waals surface area contributed by atoms with Gasteiger partial charge in [-0.05, 0) is 19.9 Å². The molecule has 0 aliphatic carbocycles. The molecule has 6 nitrogen and oxygen atoms in total. The summed E-state index contributed by atoms with van der Waals surface area (Å²) in [5, 5.41) is 0.212. The molecule has 0 radical (unpaired) electrons. The standard InChI is InChI=1S/C15H16N2O4S/c1-3-20-14(18)12(15(19)21-4-2)22-13-10-7-5-6-8-11(10)16-9-17-13/h5-9,12H,3-4H2,1-2H3. The van der Waals surface area contributed by atoms with Crippen LogP contribution in [0.15, 0.2) is 35.6 Å². The van der Waals surface area contributed by atoms with Crippen molar-refractivity contribution < 1.29 is 19.1 Å². The van der Waals surface area contributed by atoms with E-state index < -0.39 is 17.2 Å². The summed E-state index contributed by atoms with van der Waals surface area (Å²) < 4.78 is 9.90. The number of thioether (sulfide) groups is 1. The molecule has 7 heteroatoms. The van der Waals surface area contributed by atoms with Gasteiger partial charge in [0.15, 0.2) is 0 Å². The summed E-state index contributed by atoms with van der Waals surface area (Å²) in [6.45, 7) is 3.76. The minimum absolute atomic E-state index is 0.194. The Bertz CT molecular complexity index is 654. The van der Waals surface area contributed by atoms with Gasteiger partial charge in [0, 0.05) is 5.39 Å². The number of esters is 2. The Morgan fingerprint density at radius 1 is 1.09 bits per heavy atom. The molecule has 1 aromatic carbocycles. The first-order valence-corrected chi connectivity index (χ1v) is 7.75. The number of carbonyl (C=O) groups excluding carboxylic acids is 2. The maximum atomic E-state index is 12.0. The van der Waals surface area contributed by atoms with Crippen molar-refractivity contribution in [1.29, 1.82) is 0 Å². The molecule has 0 saturated heterocycles. The SMILES string of the molecule is CCOC(=O)C(Sc1ncnc2ccccc12)C(=O)OCC. The molecule has 116 valence electrons. The van der Waals surface area contributed by atoms with Crippen molar-refractivity contribution in [3.05, 3.63) is 30.6 Å². The van der Waals surface area contributed by atoms with Crippen LogP contribution in [0.4, 0.5) is 0 Å². The van der Waals surface area contributed by atoms with E-state index in [9.17, 15) is 9.59 Å². The van der Waals surface area contributed by atoms with Crippen LogP contribution in [0.2, 0.25) is 0 Å². The van der Waals surface area contributed by atoms with Gasteiger partial charge in [-0.1, -0.05) is 30.0 Å². The summed E-state index contributed by atoms with van der Waals surface area (Å²) in [6.07, 6.45) is 1.40. The van der Waals surface area contributed by atoms with Crippen molar-refractivity contribution in [2.75, 3.05) is 13.2 Å². The average molecular weight is 320 g/mol. The largest absolute Gasteiger partial charge is 0.465 e. The Balaban J connectivity index is 2.32. The quantitative estimate of drug-likeness (QED) is 0.349. The normalized spacial score (nSPS) is 10.7. The van der Waals surface area contributed by atoms with Crippen LogP contribution in [0.25, 0.3) is 10.9 Å². The minimum atomic E-state index is -1.10. The molecule has 0 fully saturated rings. The highest BCUT2D eigenvalue weighted by atomic mass is 32.2. The zero-order valence-electron chi connectivity index (χ0n) is 12.3. The van der Waals surface area contributed by atoms with Crippen molar-refractivity contribution in [2.24, 2.45) is 0 Å². The van der Waals surface area contributed by atoms with Crippen molar-refractivity contribution >= 4 is 34.6 Å². The second-order valence-electron chi connectivity index (χ2n) is 4.20. The van der Waals surface area contributed by atoms with E-state index in [0.29, 0.717) is 5.03 Å². The van der Waals surface area contributed by atoms with Crippen LogP contribution in [0.5, 0.6) is 0 Å². The maximum absolute atomic E-state index is 12.0. The fourth-order valence-electron chi connectivity index (χ4n) is 1.81. The zero-order chi connectivity index (χ0) is 15.9. The van der Waals surface area contributed by atoms with E-state index in [1.54, 1.807) is 13.8 Å². The van der Waals surface area contributed by atoms with E-state index >= 15 is 0 Å². The Labute approximate surface area is 132 Å². The zero-order valence-corrected chi connectivity index (χ0v) is 13.1. The third-order valence-corrected chi connectivity index (χ3v) is 3.91. The molecule has 0 aliphatic rings. The first-order chi connectivity index (χ1) is 10.7. The van der Waals surface area contributed by atoms with Crippen molar-refractivity contribution in [3.63, 3.8) is 0 Å². The van der Waals surface area contributed by atoms with Crippen LogP contribution >= 0.6 is 11.8 Å². The monoisotopic (exact) mass is 320 g/mol. The van der Waals surface area contributed by atoms with Gasteiger partial charge < -0.3 is 9.47 Å². The number of para-hydroxylation sites is 1. The highest BCUT2D eigenvalue weighted by molar-refractivity contribution is 8.01. The number of rotatable bonds is 6. The van der Waals surface area contributed by atoms with Crippen molar-refractivity contribution in [3.8, 4) is 0 Å². The predicted molar refractivity (Wildman–Crippen MR) is 82.4 cm³/mol.